The second-order valence-electron chi connectivity index (χ2n) is 5.79. The molecule has 1 N–H and O–H groups in total. The van der Waals surface area contributed by atoms with E-state index in [1.54, 1.807) is 36.4 Å². The van der Waals surface area contributed by atoms with E-state index in [2.05, 4.69) is 20.0 Å². The van der Waals surface area contributed by atoms with Crippen molar-refractivity contribution in [3.63, 3.8) is 0 Å². The Morgan fingerprint density at radius 3 is 2.57 bits per heavy atom. The van der Waals surface area contributed by atoms with Crippen LogP contribution in [0, 0.1) is 10.1 Å². The van der Waals surface area contributed by atoms with Crippen LogP contribution in [0.3, 0.4) is 0 Å². The van der Waals surface area contributed by atoms with Gasteiger partial charge >= 0.3 is 0 Å². The fourth-order valence-corrected chi connectivity index (χ4v) is 3.67. The number of rotatable bonds is 5. The van der Waals surface area contributed by atoms with Crippen LogP contribution in [0.25, 0.3) is 16.9 Å². The van der Waals surface area contributed by atoms with E-state index < -0.39 is 14.9 Å². The zero-order valence-electron chi connectivity index (χ0n) is 14.1. The minimum absolute atomic E-state index is 0.189. The fourth-order valence-electron chi connectivity index (χ4n) is 2.57. The van der Waals surface area contributed by atoms with Crippen molar-refractivity contribution in [1.29, 1.82) is 0 Å². The van der Waals surface area contributed by atoms with Crippen LogP contribution in [-0.4, -0.2) is 33.2 Å². The fraction of sp³-hybridized carbons (Fsp3) is 0. The van der Waals surface area contributed by atoms with E-state index in [9.17, 15) is 18.5 Å². The predicted octanol–water partition coefficient (Wildman–Crippen LogP) is 2.50. The van der Waals surface area contributed by atoms with E-state index in [0.717, 1.165) is 11.6 Å². The molecule has 4 aromatic rings. The Morgan fingerprint density at radius 1 is 1.04 bits per heavy atom. The van der Waals surface area contributed by atoms with Crippen molar-refractivity contribution in [3.05, 3.63) is 77.1 Å². The number of non-ortho nitro benzene ring substituents is 1. The molecule has 0 bridgehead atoms. The highest BCUT2D eigenvalue weighted by atomic mass is 32.2. The third-order valence-electron chi connectivity index (χ3n) is 3.93. The molecule has 0 aliphatic heterocycles. The Balaban J connectivity index is 1.58. The molecule has 2 aromatic carbocycles. The smallest absolute Gasteiger partial charge is 0.270 e. The molecule has 0 spiro atoms. The molecule has 10 nitrogen and oxygen atoms in total. The summed E-state index contributed by atoms with van der Waals surface area (Å²) < 4.78 is 28.9. The van der Waals surface area contributed by atoms with Gasteiger partial charge in [0.25, 0.3) is 15.7 Å². The molecule has 0 saturated carbocycles. The van der Waals surface area contributed by atoms with Crippen LogP contribution in [0.1, 0.15) is 0 Å². The Kier molecular flexibility index (Phi) is 4.20. The number of sulfonamides is 1. The third-order valence-corrected chi connectivity index (χ3v) is 5.31. The molecule has 0 atom stereocenters. The van der Waals surface area contributed by atoms with Crippen molar-refractivity contribution in [2.45, 2.75) is 4.90 Å². The van der Waals surface area contributed by atoms with Gasteiger partial charge in [0, 0.05) is 23.4 Å². The Hall–Kier alpha value is -3.86. The van der Waals surface area contributed by atoms with Gasteiger partial charge in [0.05, 0.1) is 15.5 Å². The number of anilines is 1. The first-order valence-electron chi connectivity index (χ1n) is 7.97. The van der Waals surface area contributed by atoms with Gasteiger partial charge in [-0.05, 0) is 30.3 Å². The summed E-state index contributed by atoms with van der Waals surface area (Å²) in [6.07, 6.45) is 1.49. The van der Waals surface area contributed by atoms with Crippen molar-refractivity contribution >= 4 is 27.0 Å². The highest BCUT2D eigenvalue weighted by Crippen LogP contribution is 2.23. The van der Waals surface area contributed by atoms with Crippen molar-refractivity contribution in [3.8, 4) is 11.3 Å². The highest BCUT2D eigenvalue weighted by molar-refractivity contribution is 7.92. The first-order chi connectivity index (χ1) is 13.4. The maximum absolute atomic E-state index is 12.5. The maximum atomic E-state index is 12.5. The molecule has 0 fully saturated rings. The molecule has 0 aliphatic rings. The van der Waals surface area contributed by atoms with Crippen LogP contribution in [0.4, 0.5) is 11.4 Å². The normalized spacial score (nSPS) is 11.4. The van der Waals surface area contributed by atoms with Crippen molar-refractivity contribution in [2.24, 2.45) is 0 Å². The summed E-state index contributed by atoms with van der Waals surface area (Å²) in [4.78, 5) is 10.0. The van der Waals surface area contributed by atoms with Crippen LogP contribution in [-0.2, 0) is 10.0 Å². The number of hydrogen-bond donors (Lipinski definition) is 1. The minimum Gasteiger partial charge on any atom is -0.280 e. The molecule has 140 valence electrons. The monoisotopic (exact) mass is 396 g/mol. The molecule has 0 saturated heterocycles. The molecule has 0 amide bonds. The van der Waals surface area contributed by atoms with E-state index in [0.29, 0.717) is 17.0 Å². The molecular weight excluding hydrogens is 384 g/mol. The molecular formula is C17H12N6O4S. The topological polar surface area (TPSA) is 132 Å². The van der Waals surface area contributed by atoms with E-state index in [-0.39, 0.29) is 10.6 Å². The lowest BCUT2D eigenvalue weighted by Crippen LogP contribution is -2.13. The van der Waals surface area contributed by atoms with E-state index in [4.69, 9.17) is 0 Å². The van der Waals surface area contributed by atoms with Crippen molar-refractivity contribution in [2.75, 3.05) is 4.72 Å². The first-order valence-corrected chi connectivity index (χ1v) is 9.45. The molecule has 4 rings (SSSR count). The molecule has 2 heterocycles. The summed E-state index contributed by atoms with van der Waals surface area (Å²) in [5.41, 5.74) is 2.08. The quantitative estimate of drug-likeness (QED) is 0.405. The average Bonchev–Trinajstić information content (AvgIpc) is 3.16. The standard InChI is InChI=1S/C17H12N6O4S/c24-23(25)14-2-1-3-15(10-14)28(26,27)21-13-6-4-12(5-7-13)16-8-9-17-19-18-11-22(17)20-16/h1-11,21H. The summed E-state index contributed by atoms with van der Waals surface area (Å²) in [5.74, 6) is 0. The van der Waals surface area contributed by atoms with Gasteiger partial charge in [0.2, 0.25) is 0 Å². The van der Waals surface area contributed by atoms with E-state index >= 15 is 0 Å². The molecule has 0 radical (unpaired) electrons. The Morgan fingerprint density at radius 2 is 1.82 bits per heavy atom. The number of benzene rings is 2. The van der Waals surface area contributed by atoms with Crippen molar-refractivity contribution < 1.29 is 13.3 Å². The van der Waals surface area contributed by atoms with Crippen LogP contribution >= 0.6 is 0 Å². The minimum atomic E-state index is -3.96. The summed E-state index contributed by atoms with van der Waals surface area (Å²) >= 11 is 0. The number of hydrogen-bond acceptors (Lipinski definition) is 7. The van der Waals surface area contributed by atoms with E-state index in [1.807, 2.05) is 0 Å². The zero-order chi connectivity index (χ0) is 19.7. The lowest BCUT2D eigenvalue weighted by atomic mass is 10.1. The number of nitrogens with zero attached hydrogens (tertiary/aromatic N) is 5. The Bertz CT molecular complexity index is 1280. The summed E-state index contributed by atoms with van der Waals surface area (Å²) in [6.45, 7) is 0. The second kappa shape index (κ2) is 6.70. The third kappa shape index (κ3) is 3.38. The van der Waals surface area contributed by atoms with Gasteiger partial charge in [-0.2, -0.15) is 9.61 Å². The van der Waals surface area contributed by atoms with Gasteiger partial charge in [-0.25, -0.2) is 8.42 Å². The van der Waals surface area contributed by atoms with Crippen LogP contribution in [0.2, 0.25) is 0 Å². The summed E-state index contributed by atoms with van der Waals surface area (Å²) in [7, 11) is -3.96. The number of nitro benzene ring substituents is 1. The number of nitro groups is 1. The highest BCUT2D eigenvalue weighted by Gasteiger charge is 2.17. The maximum Gasteiger partial charge on any atom is 0.270 e. The number of fused-ring (bicyclic) bond motifs is 1. The van der Waals surface area contributed by atoms with Gasteiger partial charge in [-0.3, -0.25) is 14.8 Å². The van der Waals surface area contributed by atoms with Gasteiger partial charge in [0.15, 0.2) is 5.65 Å². The zero-order valence-corrected chi connectivity index (χ0v) is 14.9. The summed E-state index contributed by atoms with van der Waals surface area (Å²) in [6, 6.07) is 15.0. The van der Waals surface area contributed by atoms with Crippen LogP contribution in [0.15, 0.2) is 71.9 Å². The first kappa shape index (κ1) is 17.5. The van der Waals surface area contributed by atoms with E-state index in [1.165, 1.54) is 29.0 Å². The van der Waals surface area contributed by atoms with Crippen LogP contribution in [0.5, 0.6) is 0 Å². The second-order valence-corrected chi connectivity index (χ2v) is 7.47. The van der Waals surface area contributed by atoms with Crippen molar-refractivity contribution in [1.82, 2.24) is 19.8 Å². The van der Waals surface area contributed by atoms with Gasteiger partial charge in [-0.1, -0.05) is 18.2 Å². The van der Waals surface area contributed by atoms with Gasteiger partial charge in [0.1, 0.15) is 6.33 Å². The average molecular weight is 396 g/mol. The molecule has 0 unspecified atom stereocenters. The van der Waals surface area contributed by atoms with Gasteiger partial charge in [-0.15, -0.1) is 10.2 Å². The SMILES string of the molecule is O=[N+]([O-])c1cccc(S(=O)(=O)Nc2ccc(-c3ccc4nncn4n3)cc2)c1. The number of aromatic nitrogens is 4. The van der Waals surface area contributed by atoms with Gasteiger partial charge < -0.3 is 0 Å². The summed E-state index contributed by atoms with van der Waals surface area (Å²) in [5, 5.41) is 22.9. The lowest BCUT2D eigenvalue weighted by molar-refractivity contribution is -0.385. The number of nitrogens with one attached hydrogen (secondary N) is 1. The predicted molar refractivity (Wildman–Crippen MR) is 100 cm³/mol. The molecule has 11 heteroatoms. The molecule has 0 aliphatic carbocycles. The largest absolute Gasteiger partial charge is 0.280 e. The molecule has 28 heavy (non-hydrogen) atoms. The lowest BCUT2D eigenvalue weighted by Gasteiger charge is -2.09. The molecule has 2 aromatic heterocycles. The Labute approximate surface area is 158 Å². The van der Waals surface area contributed by atoms with Crippen LogP contribution < -0.4 is 4.72 Å².